The highest BCUT2D eigenvalue weighted by atomic mass is 31.2. The molecule has 0 aliphatic rings. The molecule has 0 saturated carbocycles. The van der Waals surface area contributed by atoms with Crippen LogP contribution in [0, 0.1) is 23.7 Å². The van der Waals surface area contributed by atoms with Gasteiger partial charge in [-0.25, -0.2) is 0 Å². The average molecular weight is 587 g/mol. The van der Waals surface area contributed by atoms with Gasteiger partial charge in [0.1, 0.15) is 12.1 Å². The van der Waals surface area contributed by atoms with Gasteiger partial charge in [-0.15, -0.1) is 0 Å². The summed E-state index contributed by atoms with van der Waals surface area (Å²) in [6.45, 7) is 6.95. The molecule has 0 fully saturated rings. The Labute approximate surface area is 242 Å². The quantitative estimate of drug-likeness (QED) is 0.188. The van der Waals surface area contributed by atoms with Gasteiger partial charge in [-0.05, 0) is 35.8 Å². The summed E-state index contributed by atoms with van der Waals surface area (Å²) in [6, 6.07) is 16.2. The zero-order chi connectivity index (χ0) is 30.7. The molecule has 11 heteroatoms. The van der Waals surface area contributed by atoms with Gasteiger partial charge in [0, 0.05) is 12.3 Å². The number of nitrogens with two attached hydrogens (primary N) is 2. The van der Waals surface area contributed by atoms with Crippen LogP contribution in [0.2, 0.25) is 0 Å². The van der Waals surface area contributed by atoms with E-state index in [-0.39, 0.29) is 24.7 Å². The van der Waals surface area contributed by atoms with E-state index in [4.69, 9.17) is 11.5 Å². The third kappa shape index (κ3) is 11.1. The van der Waals surface area contributed by atoms with E-state index in [0.29, 0.717) is 0 Å². The SMILES string of the molecule is CC(C)[C@H](NC(=O)C(Cc1ccccc1)CP(=O)(O)CC(Cc1ccccc1)C(=O)N[C@H](C(N)=O)C(C)C)C(N)=O. The van der Waals surface area contributed by atoms with Gasteiger partial charge >= 0.3 is 0 Å². The van der Waals surface area contributed by atoms with Crippen molar-refractivity contribution in [2.45, 2.75) is 52.6 Å². The van der Waals surface area contributed by atoms with Crippen LogP contribution in [0.1, 0.15) is 38.8 Å². The van der Waals surface area contributed by atoms with Crippen LogP contribution in [-0.2, 0) is 36.6 Å². The molecule has 2 unspecified atom stereocenters. The maximum absolute atomic E-state index is 13.7. The topological polar surface area (TPSA) is 182 Å². The zero-order valence-electron chi connectivity index (χ0n) is 24.2. The summed E-state index contributed by atoms with van der Waals surface area (Å²) < 4.78 is 13.7. The first kappa shape index (κ1) is 33.7. The van der Waals surface area contributed by atoms with Crippen molar-refractivity contribution in [3.05, 3.63) is 71.8 Å². The molecule has 224 valence electrons. The average Bonchev–Trinajstić information content (AvgIpc) is 2.89. The monoisotopic (exact) mass is 586 g/mol. The maximum Gasteiger partial charge on any atom is 0.240 e. The minimum Gasteiger partial charge on any atom is -0.368 e. The Hall–Kier alpha value is -3.49. The van der Waals surface area contributed by atoms with Gasteiger partial charge in [-0.2, -0.15) is 0 Å². The van der Waals surface area contributed by atoms with Crippen LogP contribution in [-0.4, -0.2) is 52.9 Å². The summed E-state index contributed by atoms with van der Waals surface area (Å²) in [5.41, 5.74) is 12.5. The van der Waals surface area contributed by atoms with Crippen LogP contribution in [0.4, 0.5) is 0 Å². The van der Waals surface area contributed by atoms with E-state index in [9.17, 15) is 28.6 Å². The second kappa shape index (κ2) is 15.5. The number of primary amides is 2. The number of rotatable bonds is 16. The fourth-order valence-corrected chi connectivity index (χ4v) is 6.83. The lowest BCUT2D eigenvalue weighted by atomic mass is 9.98. The van der Waals surface area contributed by atoms with Crippen LogP contribution < -0.4 is 22.1 Å². The molecule has 4 amide bonds. The lowest BCUT2D eigenvalue weighted by Gasteiger charge is -2.27. The molecule has 0 bridgehead atoms. The lowest BCUT2D eigenvalue weighted by Crippen LogP contribution is -2.50. The standard InChI is InChI=1S/C30H43N4O6P/c1-19(2)25(27(31)35)33-29(37)23(15-21-11-7-5-8-12-21)17-41(39,40)18-24(16-22-13-9-6-10-14-22)30(38)34-26(20(3)4)28(32)36/h5-14,19-20,23-26H,15-18H2,1-4H3,(H2,31,35)(H2,32,36)(H,33,37)(H,34,38)(H,39,40)/t23?,24?,25-,26-/m0/s1. The van der Waals surface area contributed by atoms with Crippen molar-refractivity contribution in [3.8, 4) is 0 Å². The third-order valence-electron chi connectivity index (χ3n) is 6.94. The van der Waals surface area contributed by atoms with Crippen LogP contribution in [0.15, 0.2) is 60.7 Å². The molecule has 0 radical (unpaired) electrons. The molecule has 2 aromatic rings. The van der Waals surface area contributed by atoms with E-state index < -0.39 is 67.2 Å². The smallest absolute Gasteiger partial charge is 0.240 e. The summed E-state index contributed by atoms with van der Waals surface area (Å²) in [6.07, 6.45) is -0.542. The Morgan fingerprint density at radius 2 is 1.00 bits per heavy atom. The number of amides is 4. The van der Waals surface area contributed by atoms with Crippen LogP contribution in [0.25, 0.3) is 0 Å². The first-order valence-electron chi connectivity index (χ1n) is 13.8. The number of benzene rings is 2. The van der Waals surface area contributed by atoms with E-state index >= 15 is 0 Å². The highest BCUT2D eigenvalue weighted by Crippen LogP contribution is 2.45. The van der Waals surface area contributed by atoms with E-state index in [0.717, 1.165) is 11.1 Å². The van der Waals surface area contributed by atoms with Crippen molar-refractivity contribution in [2.75, 3.05) is 12.3 Å². The minimum absolute atomic E-state index is 0.146. The molecule has 0 aliphatic heterocycles. The second-order valence-corrected chi connectivity index (χ2v) is 13.7. The summed E-state index contributed by atoms with van der Waals surface area (Å²) in [4.78, 5) is 61.9. The molecule has 2 aromatic carbocycles. The fraction of sp³-hybridized carbons (Fsp3) is 0.467. The first-order valence-corrected chi connectivity index (χ1v) is 15.8. The number of nitrogens with one attached hydrogen (secondary N) is 2. The molecule has 4 atom stereocenters. The third-order valence-corrected chi connectivity index (χ3v) is 8.97. The fourth-order valence-electron chi connectivity index (χ4n) is 4.72. The van der Waals surface area contributed by atoms with Crippen molar-refractivity contribution in [3.63, 3.8) is 0 Å². The number of carbonyl (C=O) groups excluding carboxylic acids is 4. The van der Waals surface area contributed by atoms with E-state index in [1.54, 1.807) is 76.2 Å². The Morgan fingerprint density at radius 3 is 1.27 bits per heavy atom. The van der Waals surface area contributed by atoms with Crippen molar-refractivity contribution in [1.29, 1.82) is 0 Å². The number of hydrogen-bond donors (Lipinski definition) is 5. The van der Waals surface area contributed by atoms with E-state index in [1.165, 1.54) is 0 Å². The highest BCUT2D eigenvalue weighted by Gasteiger charge is 2.36. The zero-order valence-corrected chi connectivity index (χ0v) is 25.1. The summed E-state index contributed by atoms with van der Waals surface area (Å²) >= 11 is 0. The van der Waals surface area contributed by atoms with E-state index in [2.05, 4.69) is 10.6 Å². The van der Waals surface area contributed by atoms with E-state index in [1.807, 2.05) is 12.1 Å². The Morgan fingerprint density at radius 1 is 0.683 bits per heavy atom. The van der Waals surface area contributed by atoms with Gasteiger partial charge < -0.3 is 27.0 Å². The molecule has 7 N–H and O–H groups in total. The van der Waals surface area contributed by atoms with Gasteiger partial charge in [0.05, 0.1) is 11.8 Å². The van der Waals surface area contributed by atoms with Crippen molar-refractivity contribution >= 4 is 31.0 Å². The normalized spacial score (nSPS) is 15.8. The summed E-state index contributed by atoms with van der Waals surface area (Å²) in [5, 5.41) is 5.30. The van der Waals surface area contributed by atoms with Gasteiger partial charge in [-0.3, -0.25) is 23.7 Å². The van der Waals surface area contributed by atoms with Gasteiger partial charge in [0.15, 0.2) is 0 Å². The lowest BCUT2D eigenvalue weighted by molar-refractivity contribution is -0.130. The maximum atomic E-state index is 13.7. The van der Waals surface area contributed by atoms with Crippen molar-refractivity contribution in [1.82, 2.24) is 10.6 Å². The minimum atomic E-state index is -4.12. The number of hydrogen-bond acceptors (Lipinski definition) is 5. The predicted octanol–water partition coefficient (Wildman–Crippen LogP) is 2.23. The van der Waals surface area contributed by atoms with Crippen LogP contribution >= 0.6 is 7.37 Å². The van der Waals surface area contributed by atoms with Crippen molar-refractivity contribution in [2.24, 2.45) is 35.1 Å². The van der Waals surface area contributed by atoms with Gasteiger partial charge in [0.2, 0.25) is 31.0 Å². The Kier molecular flexibility index (Phi) is 12.7. The molecule has 0 aromatic heterocycles. The highest BCUT2D eigenvalue weighted by molar-refractivity contribution is 7.58. The number of carbonyl (C=O) groups is 4. The summed E-state index contributed by atoms with van der Waals surface area (Å²) in [7, 11) is -4.12. The molecular weight excluding hydrogens is 543 g/mol. The second-order valence-electron chi connectivity index (χ2n) is 11.3. The molecule has 0 heterocycles. The first-order chi connectivity index (χ1) is 19.2. The van der Waals surface area contributed by atoms with Crippen molar-refractivity contribution < 1.29 is 28.6 Å². The Balaban J connectivity index is 2.35. The molecule has 0 spiro atoms. The molecule has 0 aliphatic carbocycles. The molecule has 0 saturated heterocycles. The van der Waals surface area contributed by atoms with Gasteiger partial charge in [-0.1, -0.05) is 88.4 Å². The largest absolute Gasteiger partial charge is 0.368 e. The van der Waals surface area contributed by atoms with Crippen LogP contribution in [0.3, 0.4) is 0 Å². The molecule has 41 heavy (non-hydrogen) atoms. The van der Waals surface area contributed by atoms with Gasteiger partial charge in [0.25, 0.3) is 0 Å². The molecule has 10 nitrogen and oxygen atoms in total. The summed E-state index contributed by atoms with van der Waals surface area (Å²) in [5.74, 6) is -5.05. The molecular formula is C30H43N4O6P. The molecule has 2 rings (SSSR count). The predicted molar refractivity (Wildman–Crippen MR) is 159 cm³/mol. The van der Waals surface area contributed by atoms with Crippen LogP contribution in [0.5, 0.6) is 0 Å². The Bertz CT molecular complexity index is 1130.